The Morgan fingerprint density at radius 3 is 2.82 bits per heavy atom. The SMILES string of the molecule is NC(=O)Cc1ccc(I)nc1. The van der Waals surface area contributed by atoms with Crippen LogP contribution in [-0.2, 0) is 11.2 Å². The topological polar surface area (TPSA) is 56.0 Å². The van der Waals surface area contributed by atoms with E-state index in [0.717, 1.165) is 9.26 Å². The van der Waals surface area contributed by atoms with Crippen LogP contribution >= 0.6 is 22.6 Å². The molecule has 0 atom stereocenters. The first-order chi connectivity index (χ1) is 5.18. The minimum Gasteiger partial charge on any atom is -0.369 e. The van der Waals surface area contributed by atoms with Crippen molar-refractivity contribution in [1.82, 2.24) is 4.98 Å². The van der Waals surface area contributed by atoms with Crippen LogP contribution in [0.5, 0.6) is 0 Å². The molecule has 58 valence electrons. The van der Waals surface area contributed by atoms with Crippen molar-refractivity contribution in [2.45, 2.75) is 6.42 Å². The molecule has 0 spiro atoms. The Labute approximate surface area is 78.1 Å². The maximum atomic E-state index is 10.4. The number of rotatable bonds is 2. The molecule has 0 aliphatic rings. The van der Waals surface area contributed by atoms with Crippen molar-refractivity contribution in [2.24, 2.45) is 5.73 Å². The summed E-state index contributed by atoms with van der Waals surface area (Å²) in [5, 5.41) is 0. The van der Waals surface area contributed by atoms with E-state index in [-0.39, 0.29) is 12.3 Å². The van der Waals surface area contributed by atoms with Crippen LogP contribution in [0.1, 0.15) is 5.56 Å². The average Bonchev–Trinajstić information content (AvgIpc) is 1.93. The highest BCUT2D eigenvalue weighted by Gasteiger charge is 1.97. The Hall–Kier alpha value is -0.650. The molecule has 0 saturated carbocycles. The van der Waals surface area contributed by atoms with Crippen LogP contribution in [0.2, 0.25) is 0 Å². The van der Waals surface area contributed by atoms with Gasteiger partial charge in [0.05, 0.1) is 6.42 Å². The number of pyridine rings is 1. The van der Waals surface area contributed by atoms with Gasteiger partial charge in [-0.25, -0.2) is 0 Å². The molecule has 0 aliphatic heterocycles. The first kappa shape index (κ1) is 8.45. The quantitative estimate of drug-likeness (QED) is 0.630. The molecule has 1 rings (SSSR count). The second kappa shape index (κ2) is 3.66. The Morgan fingerprint density at radius 1 is 1.64 bits per heavy atom. The fourth-order valence-electron chi connectivity index (χ4n) is 0.712. The fourth-order valence-corrected chi connectivity index (χ4v) is 1.03. The summed E-state index contributed by atoms with van der Waals surface area (Å²) in [5.41, 5.74) is 5.85. The highest BCUT2D eigenvalue weighted by molar-refractivity contribution is 14.1. The van der Waals surface area contributed by atoms with Crippen LogP contribution in [0.25, 0.3) is 0 Å². The zero-order valence-corrected chi connectivity index (χ0v) is 7.91. The highest BCUT2D eigenvalue weighted by atomic mass is 127. The molecule has 11 heavy (non-hydrogen) atoms. The standard InChI is InChI=1S/C7H7IN2O/c8-6-2-1-5(4-10-6)3-7(9)11/h1-2,4H,3H2,(H2,9,11). The van der Waals surface area contributed by atoms with Gasteiger partial charge in [-0.3, -0.25) is 9.78 Å². The third-order valence-electron chi connectivity index (χ3n) is 1.17. The van der Waals surface area contributed by atoms with E-state index in [9.17, 15) is 4.79 Å². The fraction of sp³-hybridized carbons (Fsp3) is 0.143. The summed E-state index contributed by atoms with van der Waals surface area (Å²) in [4.78, 5) is 14.5. The van der Waals surface area contributed by atoms with Crippen LogP contribution in [0, 0.1) is 3.70 Å². The van der Waals surface area contributed by atoms with Gasteiger partial charge in [0.1, 0.15) is 3.70 Å². The third-order valence-corrected chi connectivity index (χ3v) is 1.81. The molecular weight excluding hydrogens is 255 g/mol. The Kier molecular flexibility index (Phi) is 2.81. The summed E-state index contributed by atoms with van der Waals surface area (Å²) in [5.74, 6) is -0.326. The second-order valence-electron chi connectivity index (χ2n) is 2.13. The van der Waals surface area contributed by atoms with Crippen molar-refractivity contribution < 1.29 is 4.79 Å². The molecule has 2 N–H and O–H groups in total. The molecule has 0 fully saturated rings. The Balaban J connectivity index is 2.74. The van der Waals surface area contributed by atoms with Gasteiger partial charge in [-0.05, 0) is 34.2 Å². The second-order valence-corrected chi connectivity index (χ2v) is 3.24. The lowest BCUT2D eigenvalue weighted by Gasteiger charge is -1.95. The van der Waals surface area contributed by atoms with Crippen molar-refractivity contribution in [3.63, 3.8) is 0 Å². The van der Waals surface area contributed by atoms with Crippen molar-refractivity contribution >= 4 is 28.5 Å². The van der Waals surface area contributed by atoms with Gasteiger partial charge < -0.3 is 5.73 Å². The number of primary amides is 1. The highest BCUT2D eigenvalue weighted by Crippen LogP contribution is 2.02. The minimum absolute atomic E-state index is 0.268. The Morgan fingerprint density at radius 2 is 2.36 bits per heavy atom. The number of aromatic nitrogens is 1. The molecule has 4 heteroatoms. The van der Waals surface area contributed by atoms with Crippen molar-refractivity contribution in [2.75, 3.05) is 0 Å². The van der Waals surface area contributed by atoms with E-state index in [0.29, 0.717) is 0 Å². The summed E-state index contributed by atoms with van der Waals surface area (Å²) >= 11 is 2.10. The van der Waals surface area contributed by atoms with Crippen molar-refractivity contribution in [3.8, 4) is 0 Å². The molecule has 0 saturated heterocycles. The number of hydrogen-bond acceptors (Lipinski definition) is 2. The number of carbonyl (C=O) groups excluding carboxylic acids is 1. The van der Waals surface area contributed by atoms with E-state index >= 15 is 0 Å². The number of hydrogen-bond donors (Lipinski definition) is 1. The Bertz CT molecular complexity index is 258. The first-order valence-electron chi connectivity index (χ1n) is 3.07. The van der Waals surface area contributed by atoms with Gasteiger partial charge in [0.2, 0.25) is 5.91 Å². The van der Waals surface area contributed by atoms with Gasteiger partial charge in [-0.2, -0.15) is 0 Å². The first-order valence-corrected chi connectivity index (χ1v) is 4.15. The number of nitrogens with zero attached hydrogens (tertiary/aromatic N) is 1. The van der Waals surface area contributed by atoms with E-state index in [1.165, 1.54) is 0 Å². The molecule has 0 unspecified atom stereocenters. The van der Waals surface area contributed by atoms with Gasteiger partial charge in [-0.15, -0.1) is 0 Å². The molecule has 3 nitrogen and oxygen atoms in total. The predicted octanol–water partition coefficient (Wildman–Crippen LogP) is 0.714. The van der Waals surface area contributed by atoms with E-state index < -0.39 is 0 Å². The lowest BCUT2D eigenvalue weighted by atomic mass is 10.2. The summed E-state index contributed by atoms with van der Waals surface area (Å²) in [7, 11) is 0. The molecule has 1 heterocycles. The minimum atomic E-state index is -0.326. The maximum absolute atomic E-state index is 10.4. The molecule has 0 radical (unpaired) electrons. The average molecular weight is 262 g/mol. The molecule has 1 amide bonds. The van der Waals surface area contributed by atoms with E-state index in [4.69, 9.17) is 5.73 Å². The van der Waals surface area contributed by atoms with Crippen LogP contribution in [0.3, 0.4) is 0 Å². The number of amides is 1. The zero-order chi connectivity index (χ0) is 8.27. The monoisotopic (exact) mass is 262 g/mol. The molecule has 0 aliphatic carbocycles. The van der Waals surface area contributed by atoms with E-state index in [1.807, 2.05) is 12.1 Å². The summed E-state index contributed by atoms with van der Waals surface area (Å²) in [6.07, 6.45) is 1.93. The van der Waals surface area contributed by atoms with Gasteiger partial charge in [-0.1, -0.05) is 6.07 Å². The molecular formula is C7H7IN2O. The van der Waals surface area contributed by atoms with Gasteiger partial charge >= 0.3 is 0 Å². The molecule has 0 bridgehead atoms. The van der Waals surface area contributed by atoms with Gasteiger partial charge in [0.15, 0.2) is 0 Å². The smallest absolute Gasteiger partial charge is 0.221 e. The van der Waals surface area contributed by atoms with Crippen LogP contribution in [0.15, 0.2) is 18.3 Å². The molecule has 1 aromatic heterocycles. The predicted molar refractivity (Wildman–Crippen MR) is 49.9 cm³/mol. The van der Waals surface area contributed by atoms with E-state index in [2.05, 4.69) is 27.6 Å². The van der Waals surface area contributed by atoms with Gasteiger partial charge in [0.25, 0.3) is 0 Å². The van der Waals surface area contributed by atoms with Crippen LogP contribution in [-0.4, -0.2) is 10.9 Å². The molecule has 1 aromatic rings. The summed E-state index contributed by atoms with van der Waals surface area (Å²) in [6.45, 7) is 0. The van der Waals surface area contributed by atoms with Gasteiger partial charge in [0, 0.05) is 6.20 Å². The van der Waals surface area contributed by atoms with Crippen LogP contribution < -0.4 is 5.73 Å². The van der Waals surface area contributed by atoms with Crippen LogP contribution in [0.4, 0.5) is 0 Å². The summed E-state index contributed by atoms with van der Waals surface area (Å²) < 4.78 is 0.913. The lowest BCUT2D eigenvalue weighted by molar-refractivity contribution is -0.117. The van der Waals surface area contributed by atoms with Crippen molar-refractivity contribution in [1.29, 1.82) is 0 Å². The number of nitrogens with two attached hydrogens (primary N) is 1. The van der Waals surface area contributed by atoms with Crippen molar-refractivity contribution in [3.05, 3.63) is 27.6 Å². The normalized spacial score (nSPS) is 9.55. The molecule has 0 aromatic carbocycles. The number of carbonyl (C=O) groups is 1. The largest absolute Gasteiger partial charge is 0.369 e. The lowest BCUT2D eigenvalue weighted by Crippen LogP contribution is -2.13. The number of halogens is 1. The third kappa shape index (κ3) is 2.83. The van der Waals surface area contributed by atoms with E-state index in [1.54, 1.807) is 6.20 Å². The maximum Gasteiger partial charge on any atom is 0.221 e. The summed E-state index contributed by atoms with van der Waals surface area (Å²) in [6, 6.07) is 3.69. The zero-order valence-electron chi connectivity index (χ0n) is 5.75.